The molecule has 5 rings (SSSR count). The van der Waals surface area contributed by atoms with Crippen LogP contribution in [0.15, 0.2) is 18.2 Å². The highest BCUT2D eigenvalue weighted by atomic mass is 16.7. The molecule has 3 aliphatic rings. The fraction of sp³-hybridized carbons (Fsp3) is 0.500. The van der Waals surface area contributed by atoms with Gasteiger partial charge in [0.1, 0.15) is 23.9 Å². The van der Waals surface area contributed by atoms with Crippen LogP contribution in [0.25, 0.3) is 0 Å². The molecule has 2 aromatic carbocycles. The van der Waals surface area contributed by atoms with Crippen molar-refractivity contribution in [3.05, 3.63) is 51.6 Å². The summed E-state index contributed by atoms with van der Waals surface area (Å²) in [7, 11) is 1.38. The van der Waals surface area contributed by atoms with Crippen LogP contribution in [0.1, 0.15) is 89.1 Å². The molecule has 1 aliphatic heterocycles. The average Bonchev–Trinajstić information content (AvgIpc) is 2.90. The molecular formula is C30H35NO9. The average molecular weight is 554 g/mol. The molecule has 5 atom stereocenters. The van der Waals surface area contributed by atoms with Crippen LogP contribution >= 0.6 is 0 Å². The van der Waals surface area contributed by atoms with Gasteiger partial charge in [-0.3, -0.25) is 14.4 Å². The third kappa shape index (κ3) is 4.89. The summed E-state index contributed by atoms with van der Waals surface area (Å²) in [5.74, 6) is -2.82. The first-order chi connectivity index (χ1) is 19.0. The SMILES string of the molecule is COc1cccc2c1C(=O)c1c(O)c3c(c(O)c1C2=O)CC(C(=O)COC(C)C)CC3OC1CC(N)CC(C)O1. The van der Waals surface area contributed by atoms with E-state index in [0.717, 1.165) is 0 Å². The lowest BCUT2D eigenvalue weighted by Gasteiger charge is -2.38. The van der Waals surface area contributed by atoms with Crippen molar-refractivity contribution in [1.29, 1.82) is 0 Å². The van der Waals surface area contributed by atoms with E-state index < -0.39 is 41.4 Å². The molecule has 1 heterocycles. The topological polar surface area (TPSA) is 155 Å². The molecule has 10 nitrogen and oxygen atoms in total. The maximum Gasteiger partial charge on any atom is 0.202 e. The van der Waals surface area contributed by atoms with E-state index in [4.69, 9.17) is 24.7 Å². The van der Waals surface area contributed by atoms with Gasteiger partial charge in [0.25, 0.3) is 0 Å². The quantitative estimate of drug-likeness (QED) is 0.371. The number of nitrogens with two attached hydrogens (primary N) is 1. The molecular weight excluding hydrogens is 518 g/mol. The maximum atomic E-state index is 13.7. The van der Waals surface area contributed by atoms with Crippen molar-refractivity contribution in [2.45, 2.75) is 77.1 Å². The molecule has 4 N–H and O–H groups in total. The first-order valence-corrected chi connectivity index (χ1v) is 13.6. The molecule has 0 spiro atoms. The monoisotopic (exact) mass is 553 g/mol. The smallest absolute Gasteiger partial charge is 0.202 e. The highest BCUT2D eigenvalue weighted by Crippen LogP contribution is 2.51. The maximum absolute atomic E-state index is 13.7. The van der Waals surface area contributed by atoms with E-state index >= 15 is 0 Å². The zero-order chi connectivity index (χ0) is 28.9. The van der Waals surface area contributed by atoms with Crippen molar-refractivity contribution in [3.8, 4) is 17.2 Å². The molecule has 10 heteroatoms. The zero-order valence-electron chi connectivity index (χ0n) is 23.1. The number of hydrogen-bond donors (Lipinski definition) is 3. The minimum absolute atomic E-state index is 0.0136. The molecule has 0 bridgehead atoms. The number of carbonyl (C=O) groups excluding carboxylic acids is 3. The van der Waals surface area contributed by atoms with Crippen molar-refractivity contribution in [2.24, 2.45) is 11.7 Å². The van der Waals surface area contributed by atoms with Gasteiger partial charge < -0.3 is 34.9 Å². The van der Waals surface area contributed by atoms with E-state index in [9.17, 15) is 24.6 Å². The Morgan fingerprint density at radius 3 is 2.48 bits per heavy atom. The van der Waals surface area contributed by atoms with Gasteiger partial charge in [0, 0.05) is 35.1 Å². The third-order valence-electron chi connectivity index (χ3n) is 7.88. The van der Waals surface area contributed by atoms with Crippen LogP contribution in [0.5, 0.6) is 17.2 Å². The summed E-state index contributed by atoms with van der Waals surface area (Å²) < 4.78 is 23.1. The number of phenols is 2. The van der Waals surface area contributed by atoms with Crippen LogP contribution in [0.2, 0.25) is 0 Å². The van der Waals surface area contributed by atoms with Crippen LogP contribution in [0.4, 0.5) is 0 Å². The molecule has 2 aliphatic carbocycles. The van der Waals surface area contributed by atoms with Gasteiger partial charge in [-0.2, -0.15) is 0 Å². The molecule has 2 aromatic rings. The summed E-state index contributed by atoms with van der Waals surface area (Å²) >= 11 is 0. The van der Waals surface area contributed by atoms with Gasteiger partial charge in [-0.25, -0.2) is 0 Å². The third-order valence-corrected chi connectivity index (χ3v) is 7.88. The number of aromatic hydroxyl groups is 2. The summed E-state index contributed by atoms with van der Waals surface area (Å²) in [6, 6.07) is 4.44. The summed E-state index contributed by atoms with van der Waals surface area (Å²) in [5.41, 5.74) is 6.02. The Morgan fingerprint density at radius 1 is 1.07 bits per heavy atom. The normalized spacial score (nSPS) is 25.8. The van der Waals surface area contributed by atoms with E-state index in [1.165, 1.54) is 13.2 Å². The van der Waals surface area contributed by atoms with E-state index in [-0.39, 0.29) is 82.6 Å². The summed E-state index contributed by atoms with van der Waals surface area (Å²) in [4.78, 5) is 40.5. The van der Waals surface area contributed by atoms with E-state index in [2.05, 4.69) is 0 Å². The molecule has 0 aromatic heterocycles. The van der Waals surface area contributed by atoms with Gasteiger partial charge in [-0.05, 0) is 46.1 Å². The van der Waals surface area contributed by atoms with E-state index in [1.807, 2.05) is 20.8 Å². The Hall–Kier alpha value is -3.31. The van der Waals surface area contributed by atoms with Crippen LogP contribution < -0.4 is 10.5 Å². The van der Waals surface area contributed by atoms with Gasteiger partial charge in [-0.1, -0.05) is 12.1 Å². The summed E-state index contributed by atoms with van der Waals surface area (Å²) in [6.45, 7) is 5.40. The minimum Gasteiger partial charge on any atom is -0.507 e. The van der Waals surface area contributed by atoms with Crippen LogP contribution in [0, 0.1) is 5.92 Å². The standard InChI is InChI=1S/C30H35NO9/c1-13(2)38-12-19(32)15-9-18-24(21(10-15)40-22-11-16(31)8-14(3)39-22)30(36)26-25(28(18)34)27(33)17-6-5-7-20(37-4)23(17)29(26)35/h5-7,13-16,21-22,34,36H,8-12,31H2,1-4H3. The summed E-state index contributed by atoms with van der Waals surface area (Å²) in [5, 5.41) is 23.1. The van der Waals surface area contributed by atoms with E-state index in [1.54, 1.807) is 12.1 Å². The first-order valence-electron chi connectivity index (χ1n) is 13.6. The molecule has 40 heavy (non-hydrogen) atoms. The minimum atomic E-state index is -0.919. The number of ether oxygens (including phenoxy) is 4. The molecule has 0 saturated carbocycles. The number of fused-ring (bicyclic) bond motifs is 3. The number of rotatable bonds is 7. The number of phenolic OH excluding ortho intramolecular Hbond substituents is 2. The van der Waals surface area contributed by atoms with Gasteiger partial charge >= 0.3 is 0 Å². The number of methoxy groups -OCH3 is 1. The second-order valence-corrected chi connectivity index (χ2v) is 11.1. The number of carbonyl (C=O) groups is 3. The molecule has 214 valence electrons. The number of hydrogen-bond acceptors (Lipinski definition) is 10. The predicted molar refractivity (Wildman–Crippen MR) is 143 cm³/mol. The highest BCUT2D eigenvalue weighted by Gasteiger charge is 2.44. The van der Waals surface area contributed by atoms with Crippen molar-refractivity contribution in [2.75, 3.05) is 13.7 Å². The Bertz CT molecular complexity index is 1360. The van der Waals surface area contributed by atoms with Gasteiger partial charge in [0.05, 0.1) is 42.1 Å². The molecule has 1 saturated heterocycles. The van der Waals surface area contributed by atoms with Crippen molar-refractivity contribution in [3.63, 3.8) is 0 Å². The Balaban J connectivity index is 1.63. The van der Waals surface area contributed by atoms with Crippen molar-refractivity contribution in [1.82, 2.24) is 0 Å². The molecule has 0 amide bonds. The second-order valence-electron chi connectivity index (χ2n) is 11.1. The zero-order valence-corrected chi connectivity index (χ0v) is 23.1. The van der Waals surface area contributed by atoms with Crippen LogP contribution in [0.3, 0.4) is 0 Å². The molecule has 0 radical (unpaired) electrons. The van der Waals surface area contributed by atoms with Crippen LogP contribution in [-0.4, -0.2) is 65.8 Å². The first kappa shape index (κ1) is 28.2. The van der Waals surface area contributed by atoms with Gasteiger partial charge in [0.15, 0.2) is 17.9 Å². The lowest BCUT2D eigenvalue weighted by molar-refractivity contribution is -0.220. The van der Waals surface area contributed by atoms with Crippen LogP contribution in [-0.2, 0) is 25.4 Å². The molecule has 1 fully saturated rings. The Morgan fingerprint density at radius 2 is 1.80 bits per heavy atom. The van der Waals surface area contributed by atoms with Gasteiger partial charge in [-0.15, -0.1) is 0 Å². The lowest BCUT2D eigenvalue weighted by atomic mass is 9.73. The van der Waals surface area contributed by atoms with Crippen molar-refractivity contribution < 1.29 is 43.5 Å². The molecule has 5 unspecified atom stereocenters. The number of Topliss-reactive ketones (excluding diaryl/α,β-unsaturated/α-hetero) is 1. The second kappa shape index (κ2) is 10.9. The fourth-order valence-corrected chi connectivity index (χ4v) is 6.03. The Labute approximate surface area is 232 Å². The van der Waals surface area contributed by atoms with Crippen molar-refractivity contribution >= 4 is 17.3 Å². The van der Waals surface area contributed by atoms with Gasteiger partial charge in [0.2, 0.25) is 5.78 Å². The van der Waals surface area contributed by atoms with E-state index in [0.29, 0.717) is 12.8 Å². The lowest BCUT2D eigenvalue weighted by Crippen LogP contribution is -2.41. The number of ketones is 3. The highest BCUT2D eigenvalue weighted by molar-refractivity contribution is 6.31. The summed E-state index contributed by atoms with van der Waals surface area (Å²) in [6.07, 6.45) is -0.721. The number of benzene rings is 2. The predicted octanol–water partition coefficient (Wildman–Crippen LogP) is 3.35. The largest absolute Gasteiger partial charge is 0.507 e. The fourth-order valence-electron chi connectivity index (χ4n) is 6.03. The Kier molecular flexibility index (Phi) is 7.71.